The number of nitrogens with zero attached hydrogens (tertiary/aromatic N) is 1. The third-order valence-electron chi connectivity index (χ3n) is 1.81. The van der Waals surface area contributed by atoms with Crippen LogP contribution in [-0.2, 0) is 16.1 Å². The average Bonchev–Trinajstić information content (AvgIpc) is 2.59. The van der Waals surface area contributed by atoms with E-state index in [1.54, 1.807) is 6.92 Å². The lowest BCUT2D eigenvalue weighted by molar-refractivity contribution is -0.139. The molecule has 0 saturated carbocycles. The fourth-order valence-corrected chi connectivity index (χ4v) is 1.06. The van der Waals surface area contributed by atoms with Crippen LogP contribution in [0.1, 0.15) is 18.1 Å². The van der Waals surface area contributed by atoms with Crippen molar-refractivity contribution in [1.29, 1.82) is 0 Å². The van der Waals surface area contributed by atoms with Crippen LogP contribution >= 0.6 is 0 Å². The molecular formula is C9H13N3O4. The molecule has 1 amide bonds. The minimum Gasteiger partial charge on any atom is -0.481 e. The van der Waals surface area contributed by atoms with Gasteiger partial charge in [-0.3, -0.25) is 9.59 Å². The van der Waals surface area contributed by atoms with Crippen LogP contribution in [0.25, 0.3) is 0 Å². The summed E-state index contributed by atoms with van der Waals surface area (Å²) in [4.78, 5) is 25.5. The summed E-state index contributed by atoms with van der Waals surface area (Å²) in [5.41, 5.74) is 5.34. The number of rotatable bonds is 5. The van der Waals surface area contributed by atoms with Crippen molar-refractivity contribution < 1.29 is 19.1 Å². The van der Waals surface area contributed by atoms with Gasteiger partial charge in [-0.15, -0.1) is 0 Å². The molecule has 7 nitrogen and oxygen atoms in total. The summed E-state index contributed by atoms with van der Waals surface area (Å²) in [5, 5.41) is 10.9. The molecule has 0 aromatic carbocycles. The van der Waals surface area contributed by atoms with Gasteiger partial charge in [0.2, 0.25) is 11.8 Å². The predicted molar refractivity (Wildman–Crippen MR) is 53.3 cm³/mol. The summed E-state index contributed by atoms with van der Waals surface area (Å²) in [6.45, 7) is 1.83. The number of aryl methyl sites for hydroxylation is 1. The van der Waals surface area contributed by atoms with Crippen molar-refractivity contribution in [1.82, 2.24) is 10.3 Å². The summed E-state index contributed by atoms with van der Waals surface area (Å²) in [6, 6.07) is -1.06. The van der Waals surface area contributed by atoms with Gasteiger partial charge in [0.1, 0.15) is 5.76 Å². The fourth-order valence-electron chi connectivity index (χ4n) is 1.06. The van der Waals surface area contributed by atoms with Crippen molar-refractivity contribution in [2.45, 2.75) is 25.9 Å². The van der Waals surface area contributed by atoms with Crippen LogP contribution in [0.4, 0.5) is 0 Å². The first-order chi connectivity index (χ1) is 7.49. The number of aromatic nitrogens is 1. The van der Waals surface area contributed by atoms with E-state index in [0.29, 0.717) is 11.7 Å². The first kappa shape index (κ1) is 12.2. The summed E-state index contributed by atoms with van der Waals surface area (Å²) >= 11 is 0. The molecule has 88 valence electrons. The fraction of sp³-hybridized carbons (Fsp3) is 0.444. The van der Waals surface area contributed by atoms with E-state index in [-0.39, 0.29) is 6.54 Å². The Kier molecular flexibility index (Phi) is 4.01. The van der Waals surface area contributed by atoms with E-state index in [9.17, 15) is 9.59 Å². The Morgan fingerprint density at radius 2 is 2.38 bits per heavy atom. The number of carboxylic acids is 1. The Hall–Kier alpha value is -1.89. The molecule has 1 aromatic rings. The molecular weight excluding hydrogens is 214 g/mol. The second kappa shape index (κ2) is 5.26. The Labute approximate surface area is 91.6 Å². The van der Waals surface area contributed by atoms with Crippen LogP contribution in [0.3, 0.4) is 0 Å². The minimum absolute atomic E-state index is 0.0972. The molecule has 1 unspecified atom stereocenters. The average molecular weight is 227 g/mol. The Morgan fingerprint density at radius 1 is 1.69 bits per heavy atom. The SMILES string of the molecule is Cc1cnc(CNC(=O)C(N)CC(=O)O)o1. The van der Waals surface area contributed by atoms with Crippen LogP contribution < -0.4 is 11.1 Å². The van der Waals surface area contributed by atoms with Crippen LogP contribution in [0.2, 0.25) is 0 Å². The lowest BCUT2D eigenvalue weighted by atomic mass is 10.2. The zero-order valence-electron chi connectivity index (χ0n) is 8.77. The Morgan fingerprint density at radius 3 is 2.88 bits per heavy atom. The first-order valence-corrected chi connectivity index (χ1v) is 4.65. The van der Waals surface area contributed by atoms with Gasteiger partial charge in [0.05, 0.1) is 25.2 Å². The van der Waals surface area contributed by atoms with Crippen LogP contribution in [0, 0.1) is 6.92 Å². The summed E-state index contributed by atoms with van der Waals surface area (Å²) in [6.07, 6.45) is 1.12. The van der Waals surface area contributed by atoms with Gasteiger partial charge in [0.15, 0.2) is 0 Å². The molecule has 0 fully saturated rings. The number of carbonyl (C=O) groups is 2. The first-order valence-electron chi connectivity index (χ1n) is 4.65. The highest BCUT2D eigenvalue weighted by atomic mass is 16.4. The molecule has 1 atom stereocenters. The highest BCUT2D eigenvalue weighted by Crippen LogP contribution is 2.00. The van der Waals surface area contributed by atoms with Gasteiger partial charge in [-0.1, -0.05) is 0 Å². The van der Waals surface area contributed by atoms with Crippen molar-refractivity contribution in [2.75, 3.05) is 0 Å². The normalized spacial score (nSPS) is 12.1. The zero-order valence-corrected chi connectivity index (χ0v) is 8.77. The monoisotopic (exact) mass is 227 g/mol. The lowest BCUT2D eigenvalue weighted by Gasteiger charge is -2.08. The number of carbonyl (C=O) groups excluding carboxylic acids is 1. The number of carboxylic acid groups (broad SMARTS) is 1. The largest absolute Gasteiger partial charge is 0.481 e. The molecule has 0 saturated heterocycles. The molecule has 0 radical (unpaired) electrons. The van der Waals surface area contributed by atoms with Crippen LogP contribution in [0.5, 0.6) is 0 Å². The number of nitrogens with two attached hydrogens (primary N) is 1. The molecule has 4 N–H and O–H groups in total. The number of aliphatic carboxylic acids is 1. The molecule has 7 heteroatoms. The molecule has 0 spiro atoms. The number of nitrogens with one attached hydrogen (secondary N) is 1. The summed E-state index contributed by atoms with van der Waals surface area (Å²) < 4.78 is 5.11. The van der Waals surface area contributed by atoms with Gasteiger partial charge in [0.25, 0.3) is 0 Å². The van der Waals surface area contributed by atoms with Gasteiger partial charge in [0, 0.05) is 0 Å². The van der Waals surface area contributed by atoms with Crippen molar-refractivity contribution in [3.63, 3.8) is 0 Å². The maximum atomic E-state index is 11.3. The van der Waals surface area contributed by atoms with Crippen molar-refractivity contribution in [3.05, 3.63) is 17.8 Å². The highest BCUT2D eigenvalue weighted by molar-refractivity contribution is 5.85. The predicted octanol–water partition coefficient (Wildman–Crippen LogP) is -0.599. The van der Waals surface area contributed by atoms with Crippen molar-refractivity contribution in [3.8, 4) is 0 Å². The van der Waals surface area contributed by atoms with Gasteiger partial charge < -0.3 is 20.6 Å². The maximum Gasteiger partial charge on any atom is 0.305 e. The second-order valence-corrected chi connectivity index (χ2v) is 3.29. The smallest absolute Gasteiger partial charge is 0.305 e. The van der Waals surface area contributed by atoms with E-state index >= 15 is 0 Å². The second-order valence-electron chi connectivity index (χ2n) is 3.29. The van der Waals surface area contributed by atoms with E-state index in [1.165, 1.54) is 6.20 Å². The maximum absolute atomic E-state index is 11.3. The Bertz CT molecular complexity index is 388. The zero-order chi connectivity index (χ0) is 12.1. The highest BCUT2D eigenvalue weighted by Gasteiger charge is 2.17. The molecule has 1 heterocycles. The standard InChI is InChI=1S/C9H13N3O4/c1-5-3-11-7(16-5)4-12-9(15)6(10)2-8(13)14/h3,6H,2,4,10H2,1H3,(H,12,15)(H,13,14). The van der Waals surface area contributed by atoms with Crippen molar-refractivity contribution in [2.24, 2.45) is 5.73 Å². The molecule has 0 aliphatic heterocycles. The molecule has 16 heavy (non-hydrogen) atoms. The number of hydrogen-bond donors (Lipinski definition) is 3. The lowest BCUT2D eigenvalue weighted by Crippen LogP contribution is -2.41. The molecule has 0 aliphatic carbocycles. The van der Waals surface area contributed by atoms with E-state index in [0.717, 1.165) is 0 Å². The van der Waals surface area contributed by atoms with Crippen LogP contribution in [-0.4, -0.2) is 28.0 Å². The van der Waals surface area contributed by atoms with Crippen molar-refractivity contribution >= 4 is 11.9 Å². The third kappa shape index (κ3) is 3.70. The van der Waals surface area contributed by atoms with E-state index in [1.807, 2.05) is 0 Å². The van der Waals surface area contributed by atoms with E-state index in [2.05, 4.69) is 10.3 Å². The van der Waals surface area contributed by atoms with Gasteiger partial charge >= 0.3 is 5.97 Å². The third-order valence-corrected chi connectivity index (χ3v) is 1.81. The molecule has 0 aliphatic rings. The topological polar surface area (TPSA) is 118 Å². The van der Waals surface area contributed by atoms with Gasteiger partial charge in [-0.25, -0.2) is 4.98 Å². The number of amides is 1. The van der Waals surface area contributed by atoms with E-state index in [4.69, 9.17) is 15.3 Å². The quantitative estimate of drug-likeness (QED) is 0.618. The Balaban J connectivity index is 2.37. The number of oxazole rings is 1. The molecule has 1 aromatic heterocycles. The molecule has 0 bridgehead atoms. The van der Waals surface area contributed by atoms with Gasteiger partial charge in [-0.2, -0.15) is 0 Å². The summed E-state index contributed by atoms with van der Waals surface area (Å²) in [7, 11) is 0. The van der Waals surface area contributed by atoms with E-state index < -0.39 is 24.3 Å². The summed E-state index contributed by atoms with van der Waals surface area (Å²) in [5.74, 6) is -0.666. The van der Waals surface area contributed by atoms with Gasteiger partial charge in [-0.05, 0) is 6.92 Å². The minimum atomic E-state index is -1.12. The number of hydrogen-bond acceptors (Lipinski definition) is 5. The molecule has 1 rings (SSSR count). The van der Waals surface area contributed by atoms with Crippen LogP contribution in [0.15, 0.2) is 10.6 Å².